The second-order valence-electron chi connectivity index (χ2n) is 5.02. The van der Waals surface area contributed by atoms with E-state index in [2.05, 4.69) is 4.74 Å². The first-order chi connectivity index (χ1) is 8.76. The number of halogens is 2. The molecule has 0 aliphatic heterocycles. The highest BCUT2D eigenvalue weighted by Gasteiger charge is 2.25. The first-order valence-corrected chi connectivity index (χ1v) is 6.62. The number of hydrogen-bond donors (Lipinski definition) is 1. The number of alkyl halides is 2. The lowest BCUT2D eigenvalue weighted by atomic mass is 9.93. The van der Waals surface area contributed by atoms with Crippen molar-refractivity contribution in [3.05, 3.63) is 16.3 Å². The molecule has 1 rings (SSSR count). The highest BCUT2D eigenvalue weighted by atomic mass is 32.1. The van der Waals surface area contributed by atoms with Gasteiger partial charge in [-0.1, -0.05) is 13.8 Å². The first-order valence-electron chi connectivity index (χ1n) is 5.74. The molecule has 1 heterocycles. The van der Waals surface area contributed by atoms with E-state index >= 15 is 0 Å². The molecule has 0 bridgehead atoms. The third-order valence-corrected chi connectivity index (χ3v) is 3.49. The molecule has 0 atom stereocenters. The van der Waals surface area contributed by atoms with Crippen molar-refractivity contribution in [3.8, 4) is 5.75 Å². The van der Waals surface area contributed by atoms with Gasteiger partial charge in [0, 0.05) is 13.6 Å². The van der Waals surface area contributed by atoms with E-state index in [0.29, 0.717) is 13.1 Å². The molecule has 0 aromatic carbocycles. The van der Waals surface area contributed by atoms with Crippen molar-refractivity contribution in [2.45, 2.75) is 20.5 Å². The Morgan fingerprint density at radius 2 is 2.21 bits per heavy atom. The Morgan fingerprint density at radius 1 is 1.58 bits per heavy atom. The molecule has 0 saturated carbocycles. The summed E-state index contributed by atoms with van der Waals surface area (Å²) in [7, 11) is 1.62. The summed E-state index contributed by atoms with van der Waals surface area (Å²) in [5.41, 5.74) is 5.38. The number of carbonyl (C=O) groups excluding carboxylic acids is 1. The van der Waals surface area contributed by atoms with E-state index in [1.54, 1.807) is 12.4 Å². The third-order valence-electron chi connectivity index (χ3n) is 2.60. The quantitative estimate of drug-likeness (QED) is 0.876. The fraction of sp³-hybridized carbons (Fsp3) is 0.583. The van der Waals surface area contributed by atoms with Crippen LogP contribution in [0.5, 0.6) is 5.75 Å². The Balaban J connectivity index is 2.80. The van der Waals surface area contributed by atoms with E-state index in [1.165, 1.54) is 11.0 Å². The lowest BCUT2D eigenvalue weighted by molar-refractivity contribution is -0.0499. The predicted octanol–water partition coefficient (Wildman–Crippen LogP) is 2.41. The summed E-state index contributed by atoms with van der Waals surface area (Å²) in [6, 6.07) is 1.37. The number of nitrogens with zero attached hydrogens (tertiary/aromatic N) is 1. The number of rotatable bonds is 6. The molecule has 0 spiro atoms. The van der Waals surface area contributed by atoms with Gasteiger partial charge in [0.2, 0.25) is 0 Å². The first kappa shape index (κ1) is 15.8. The second-order valence-corrected chi connectivity index (χ2v) is 5.94. The van der Waals surface area contributed by atoms with Crippen molar-refractivity contribution in [2.75, 3.05) is 20.1 Å². The van der Waals surface area contributed by atoms with Crippen LogP contribution >= 0.6 is 11.3 Å². The minimum absolute atomic E-state index is 0.0811. The van der Waals surface area contributed by atoms with Gasteiger partial charge < -0.3 is 15.4 Å². The zero-order chi connectivity index (χ0) is 14.6. The van der Waals surface area contributed by atoms with Gasteiger partial charge in [0.15, 0.2) is 0 Å². The second kappa shape index (κ2) is 6.29. The summed E-state index contributed by atoms with van der Waals surface area (Å²) in [5.74, 6) is -0.422. The van der Waals surface area contributed by atoms with Crippen molar-refractivity contribution < 1.29 is 18.3 Å². The normalized spacial score (nSPS) is 11.7. The Labute approximate surface area is 115 Å². The van der Waals surface area contributed by atoms with Gasteiger partial charge >= 0.3 is 6.61 Å². The van der Waals surface area contributed by atoms with Crippen LogP contribution in [-0.2, 0) is 0 Å². The molecule has 108 valence electrons. The summed E-state index contributed by atoms with van der Waals surface area (Å²) in [4.78, 5) is 13.8. The van der Waals surface area contributed by atoms with Gasteiger partial charge in [0.1, 0.15) is 10.6 Å². The van der Waals surface area contributed by atoms with Crippen LogP contribution < -0.4 is 10.5 Å². The minimum Gasteiger partial charge on any atom is -0.433 e. The average molecular weight is 292 g/mol. The minimum atomic E-state index is -2.94. The molecule has 4 nitrogen and oxygen atoms in total. The molecule has 1 aromatic rings. The maximum Gasteiger partial charge on any atom is 0.387 e. The summed E-state index contributed by atoms with van der Waals surface area (Å²) in [6.07, 6.45) is 0. The lowest BCUT2D eigenvalue weighted by Crippen LogP contribution is -2.39. The fourth-order valence-corrected chi connectivity index (χ4v) is 2.41. The van der Waals surface area contributed by atoms with Gasteiger partial charge in [-0.2, -0.15) is 8.78 Å². The molecular weight excluding hydrogens is 274 g/mol. The average Bonchev–Trinajstić information content (AvgIpc) is 2.74. The predicted molar refractivity (Wildman–Crippen MR) is 70.7 cm³/mol. The van der Waals surface area contributed by atoms with Crippen LogP contribution in [0.1, 0.15) is 23.5 Å². The SMILES string of the molecule is CN(CC(C)(C)CN)C(=O)c1sccc1OC(F)F. The molecule has 0 aliphatic rings. The van der Waals surface area contributed by atoms with E-state index in [0.717, 1.165) is 11.3 Å². The highest BCUT2D eigenvalue weighted by Crippen LogP contribution is 2.28. The Morgan fingerprint density at radius 3 is 2.74 bits per heavy atom. The van der Waals surface area contributed by atoms with Gasteiger partial charge in [-0.3, -0.25) is 4.79 Å². The molecule has 0 unspecified atom stereocenters. The Hall–Kier alpha value is -1.21. The standard InChI is InChI=1S/C12H18F2N2O2S/c1-12(2,6-15)7-16(3)10(17)9-8(4-5-19-9)18-11(13)14/h4-5,11H,6-7,15H2,1-3H3. The van der Waals surface area contributed by atoms with Crippen LogP contribution in [0.25, 0.3) is 0 Å². The summed E-state index contributed by atoms with van der Waals surface area (Å²) >= 11 is 1.08. The molecule has 1 aromatic heterocycles. The lowest BCUT2D eigenvalue weighted by Gasteiger charge is -2.28. The number of nitrogens with two attached hydrogens (primary N) is 1. The van der Waals surface area contributed by atoms with E-state index in [4.69, 9.17) is 5.73 Å². The van der Waals surface area contributed by atoms with E-state index < -0.39 is 6.61 Å². The zero-order valence-corrected chi connectivity index (χ0v) is 12.0. The maximum atomic E-state index is 12.2. The van der Waals surface area contributed by atoms with E-state index in [-0.39, 0.29) is 21.9 Å². The summed E-state index contributed by atoms with van der Waals surface area (Å²) < 4.78 is 28.7. The number of ether oxygens (including phenoxy) is 1. The van der Waals surface area contributed by atoms with Gasteiger partial charge in [0.05, 0.1) is 0 Å². The molecule has 19 heavy (non-hydrogen) atoms. The molecule has 2 N–H and O–H groups in total. The molecule has 0 aliphatic carbocycles. The fourth-order valence-electron chi connectivity index (χ4n) is 1.59. The molecule has 1 amide bonds. The van der Waals surface area contributed by atoms with Crippen molar-refractivity contribution in [2.24, 2.45) is 11.1 Å². The number of hydrogen-bond acceptors (Lipinski definition) is 4. The highest BCUT2D eigenvalue weighted by molar-refractivity contribution is 7.12. The van der Waals surface area contributed by atoms with Crippen LogP contribution in [0.2, 0.25) is 0 Å². The van der Waals surface area contributed by atoms with Crippen LogP contribution in [-0.4, -0.2) is 37.6 Å². The van der Waals surface area contributed by atoms with E-state index in [9.17, 15) is 13.6 Å². The Kier molecular flexibility index (Phi) is 5.25. The zero-order valence-electron chi connectivity index (χ0n) is 11.2. The van der Waals surface area contributed by atoms with Gasteiger partial charge in [-0.05, 0) is 23.4 Å². The van der Waals surface area contributed by atoms with Crippen LogP contribution in [0.3, 0.4) is 0 Å². The maximum absolute atomic E-state index is 12.2. The summed E-state index contributed by atoms with van der Waals surface area (Å²) in [5, 5.41) is 1.55. The van der Waals surface area contributed by atoms with Crippen LogP contribution in [0.4, 0.5) is 8.78 Å². The van der Waals surface area contributed by atoms with Gasteiger partial charge in [-0.15, -0.1) is 11.3 Å². The Bertz CT molecular complexity index is 435. The molecule has 0 radical (unpaired) electrons. The number of thiophene rings is 1. The van der Waals surface area contributed by atoms with E-state index in [1.807, 2.05) is 13.8 Å². The molecule has 0 fully saturated rings. The smallest absolute Gasteiger partial charge is 0.387 e. The van der Waals surface area contributed by atoms with Crippen molar-refractivity contribution in [1.29, 1.82) is 0 Å². The number of carbonyl (C=O) groups is 1. The molecule has 7 heteroatoms. The van der Waals surface area contributed by atoms with Crippen molar-refractivity contribution >= 4 is 17.2 Å². The summed E-state index contributed by atoms with van der Waals surface area (Å²) in [6.45, 7) is 1.79. The van der Waals surface area contributed by atoms with Gasteiger partial charge in [-0.25, -0.2) is 0 Å². The number of amides is 1. The monoisotopic (exact) mass is 292 g/mol. The van der Waals surface area contributed by atoms with Gasteiger partial charge in [0.25, 0.3) is 5.91 Å². The topological polar surface area (TPSA) is 55.6 Å². The van der Waals surface area contributed by atoms with Crippen molar-refractivity contribution in [1.82, 2.24) is 4.90 Å². The van der Waals surface area contributed by atoms with Crippen LogP contribution in [0.15, 0.2) is 11.4 Å². The molecule has 0 saturated heterocycles. The third kappa shape index (κ3) is 4.43. The largest absolute Gasteiger partial charge is 0.433 e. The van der Waals surface area contributed by atoms with Crippen LogP contribution in [0, 0.1) is 5.41 Å². The van der Waals surface area contributed by atoms with Crippen molar-refractivity contribution in [3.63, 3.8) is 0 Å². The molecular formula is C12H18F2N2O2S.